The average molecular weight is 296 g/mol. The number of aromatic nitrogens is 1. The van der Waals surface area contributed by atoms with E-state index in [-0.39, 0.29) is 11.7 Å². The SMILES string of the molecule is CC(=N)N1C(=N)CCc2cc(-c3cnccc3C)cc(F)c21. The van der Waals surface area contributed by atoms with Crippen LogP contribution in [0.3, 0.4) is 0 Å². The molecule has 3 rings (SSSR count). The van der Waals surface area contributed by atoms with E-state index < -0.39 is 5.82 Å². The molecular weight excluding hydrogens is 279 g/mol. The maximum atomic E-state index is 14.7. The Morgan fingerprint density at radius 1 is 1.32 bits per heavy atom. The number of anilines is 1. The van der Waals surface area contributed by atoms with E-state index in [4.69, 9.17) is 10.8 Å². The number of rotatable bonds is 1. The predicted octanol–water partition coefficient (Wildman–Crippen LogP) is 3.92. The van der Waals surface area contributed by atoms with E-state index >= 15 is 0 Å². The van der Waals surface area contributed by atoms with Gasteiger partial charge in [0.2, 0.25) is 0 Å². The van der Waals surface area contributed by atoms with Crippen LogP contribution in [0.1, 0.15) is 24.5 Å². The Morgan fingerprint density at radius 3 is 2.77 bits per heavy atom. The summed E-state index contributed by atoms with van der Waals surface area (Å²) < 4.78 is 14.7. The average Bonchev–Trinajstić information content (AvgIpc) is 2.47. The van der Waals surface area contributed by atoms with Gasteiger partial charge in [-0.05, 0) is 55.2 Å². The predicted molar refractivity (Wildman–Crippen MR) is 86.3 cm³/mol. The molecule has 0 saturated carbocycles. The molecule has 4 nitrogen and oxygen atoms in total. The highest BCUT2D eigenvalue weighted by Gasteiger charge is 2.27. The first kappa shape index (κ1) is 14.4. The van der Waals surface area contributed by atoms with E-state index in [1.54, 1.807) is 19.3 Å². The van der Waals surface area contributed by atoms with Crippen LogP contribution in [-0.4, -0.2) is 16.7 Å². The molecule has 1 aromatic heterocycles. The van der Waals surface area contributed by atoms with Crippen molar-refractivity contribution >= 4 is 17.4 Å². The van der Waals surface area contributed by atoms with Crippen LogP contribution in [0.25, 0.3) is 11.1 Å². The van der Waals surface area contributed by atoms with Gasteiger partial charge in [-0.25, -0.2) is 4.39 Å². The number of hydrogen-bond donors (Lipinski definition) is 2. The highest BCUT2D eigenvalue weighted by atomic mass is 19.1. The maximum Gasteiger partial charge on any atom is 0.148 e. The minimum absolute atomic E-state index is 0.162. The lowest BCUT2D eigenvalue weighted by Crippen LogP contribution is -2.38. The van der Waals surface area contributed by atoms with E-state index in [2.05, 4.69) is 4.98 Å². The second kappa shape index (κ2) is 5.33. The molecule has 0 radical (unpaired) electrons. The molecule has 112 valence electrons. The van der Waals surface area contributed by atoms with Crippen molar-refractivity contribution in [2.24, 2.45) is 0 Å². The Kier molecular flexibility index (Phi) is 3.48. The van der Waals surface area contributed by atoms with Gasteiger partial charge in [0, 0.05) is 24.4 Å². The molecule has 1 aliphatic heterocycles. The van der Waals surface area contributed by atoms with Crippen LogP contribution < -0.4 is 4.90 Å². The number of hydrogen-bond acceptors (Lipinski definition) is 3. The summed E-state index contributed by atoms with van der Waals surface area (Å²) in [7, 11) is 0. The van der Waals surface area contributed by atoms with Crippen molar-refractivity contribution in [3.05, 3.63) is 47.5 Å². The van der Waals surface area contributed by atoms with E-state index in [1.165, 1.54) is 11.0 Å². The first-order valence-electron chi connectivity index (χ1n) is 7.15. The van der Waals surface area contributed by atoms with Crippen LogP contribution in [-0.2, 0) is 6.42 Å². The third-order valence-electron chi connectivity index (χ3n) is 3.95. The molecular formula is C17H17FN4. The zero-order chi connectivity index (χ0) is 15.9. The molecule has 0 unspecified atom stereocenters. The van der Waals surface area contributed by atoms with Crippen molar-refractivity contribution in [3.63, 3.8) is 0 Å². The van der Waals surface area contributed by atoms with E-state index in [0.717, 1.165) is 22.3 Å². The number of nitrogens with zero attached hydrogens (tertiary/aromatic N) is 2. The van der Waals surface area contributed by atoms with Gasteiger partial charge in [0.05, 0.1) is 5.69 Å². The van der Waals surface area contributed by atoms with Gasteiger partial charge in [0.25, 0.3) is 0 Å². The molecule has 0 aliphatic carbocycles. The lowest BCUT2D eigenvalue weighted by molar-refractivity contribution is 0.626. The molecule has 2 N–H and O–H groups in total. The molecule has 0 atom stereocenters. The summed E-state index contributed by atoms with van der Waals surface area (Å²) in [5.74, 6) is 0.0335. The molecule has 22 heavy (non-hydrogen) atoms. The van der Waals surface area contributed by atoms with Gasteiger partial charge in [0.1, 0.15) is 17.5 Å². The summed E-state index contributed by atoms with van der Waals surface area (Å²) >= 11 is 0. The third kappa shape index (κ3) is 2.28. The largest absolute Gasteiger partial charge is 0.288 e. The third-order valence-corrected chi connectivity index (χ3v) is 3.95. The number of aryl methyl sites for hydroxylation is 2. The number of amidine groups is 2. The molecule has 5 heteroatoms. The quantitative estimate of drug-likeness (QED) is 0.618. The first-order valence-corrected chi connectivity index (χ1v) is 7.15. The molecule has 0 fully saturated rings. The van der Waals surface area contributed by atoms with Crippen molar-refractivity contribution < 1.29 is 4.39 Å². The monoisotopic (exact) mass is 296 g/mol. The number of nitrogens with one attached hydrogen (secondary N) is 2. The summed E-state index contributed by atoms with van der Waals surface area (Å²) in [5, 5.41) is 15.8. The summed E-state index contributed by atoms with van der Waals surface area (Å²) in [6.45, 7) is 3.54. The van der Waals surface area contributed by atoms with E-state index in [1.807, 2.05) is 19.1 Å². The summed E-state index contributed by atoms with van der Waals surface area (Å²) in [5.41, 5.74) is 3.91. The van der Waals surface area contributed by atoms with Gasteiger partial charge in [-0.15, -0.1) is 0 Å². The summed E-state index contributed by atoms with van der Waals surface area (Å²) in [6, 6.07) is 5.32. The van der Waals surface area contributed by atoms with Crippen LogP contribution >= 0.6 is 0 Å². The number of halogens is 1. The zero-order valence-electron chi connectivity index (χ0n) is 12.6. The number of pyridine rings is 1. The van der Waals surface area contributed by atoms with E-state index in [0.29, 0.717) is 18.5 Å². The van der Waals surface area contributed by atoms with Crippen molar-refractivity contribution in [2.75, 3.05) is 4.90 Å². The lowest BCUT2D eigenvalue weighted by atomic mass is 9.94. The van der Waals surface area contributed by atoms with Crippen LogP contribution in [0, 0.1) is 23.6 Å². The zero-order valence-corrected chi connectivity index (χ0v) is 12.6. The topological polar surface area (TPSA) is 63.8 Å². The molecule has 0 saturated heterocycles. The molecule has 1 aliphatic rings. The Bertz CT molecular complexity index is 782. The molecule has 2 aromatic rings. The van der Waals surface area contributed by atoms with Gasteiger partial charge in [0.15, 0.2) is 0 Å². The fraction of sp³-hybridized carbons (Fsp3) is 0.235. The highest BCUT2D eigenvalue weighted by molar-refractivity contribution is 6.17. The summed E-state index contributed by atoms with van der Waals surface area (Å²) in [6.07, 6.45) is 4.58. The smallest absolute Gasteiger partial charge is 0.148 e. The van der Waals surface area contributed by atoms with Crippen molar-refractivity contribution in [1.82, 2.24) is 4.98 Å². The van der Waals surface area contributed by atoms with Gasteiger partial charge >= 0.3 is 0 Å². The summed E-state index contributed by atoms with van der Waals surface area (Å²) in [4.78, 5) is 5.50. The Labute approximate surface area is 128 Å². The Morgan fingerprint density at radius 2 is 2.09 bits per heavy atom. The van der Waals surface area contributed by atoms with Crippen LogP contribution in [0.4, 0.5) is 10.1 Å². The molecule has 2 heterocycles. The number of benzene rings is 1. The molecule has 0 bridgehead atoms. The number of fused-ring (bicyclic) bond motifs is 1. The van der Waals surface area contributed by atoms with Gasteiger partial charge in [-0.2, -0.15) is 0 Å². The highest BCUT2D eigenvalue weighted by Crippen LogP contribution is 2.35. The standard InChI is InChI=1S/C17H17FN4/c1-10-5-6-21-9-14(10)13-7-12-3-4-16(20)22(11(2)19)17(12)15(18)8-13/h5-9,19-20H,3-4H2,1-2H3. The molecule has 1 aromatic carbocycles. The van der Waals surface area contributed by atoms with Gasteiger partial charge < -0.3 is 0 Å². The second-order valence-electron chi connectivity index (χ2n) is 5.52. The molecule has 0 spiro atoms. The minimum atomic E-state index is -0.396. The van der Waals surface area contributed by atoms with Crippen LogP contribution in [0.2, 0.25) is 0 Å². The fourth-order valence-corrected chi connectivity index (χ4v) is 2.89. The Balaban J connectivity index is 2.18. The van der Waals surface area contributed by atoms with E-state index in [9.17, 15) is 4.39 Å². The van der Waals surface area contributed by atoms with Crippen molar-refractivity contribution in [2.45, 2.75) is 26.7 Å². The van der Waals surface area contributed by atoms with Gasteiger partial charge in [-0.3, -0.25) is 20.7 Å². The van der Waals surface area contributed by atoms with Gasteiger partial charge in [-0.1, -0.05) is 0 Å². The fourth-order valence-electron chi connectivity index (χ4n) is 2.89. The van der Waals surface area contributed by atoms with Crippen LogP contribution in [0.5, 0.6) is 0 Å². The second-order valence-corrected chi connectivity index (χ2v) is 5.52. The Hall–Kier alpha value is -2.56. The first-order chi connectivity index (χ1) is 10.5. The van der Waals surface area contributed by atoms with Crippen molar-refractivity contribution in [3.8, 4) is 11.1 Å². The normalized spacial score (nSPS) is 14.0. The van der Waals surface area contributed by atoms with Crippen molar-refractivity contribution in [1.29, 1.82) is 10.8 Å². The molecule has 0 amide bonds. The minimum Gasteiger partial charge on any atom is -0.288 e. The lowest BCUT2D eigenvalue weighted by Gasteiger charge is -2.31. The van der Waals surface area contributed by atoms with Crippen LogP contribution in [0.15, 0.2) is 30.6 Å². The maximum absolute atomic E-state index is 14.7.